The largest absolute Gasteiger partial charge is 0.297 e. The molecule has 0 bridgehead atoms. The van der Waals surface area contributed by atoms with Crippen molar-refractivity contribution < 1.29 is 8.78 Å². The standard InChI is InChI=1S/C17H19ClF2N2/c1-2-13-10-12-4-3-5-14(18)16(12)15(21-13)6-8-22-9-7-17(19,20)11-22/h3-5,10H,2,6-9,11H2,1H3. The molecule has 2 nitrogen and oxygen atoms in total. The van der Waals surface area contributed by atoms with Gasteiger partial charge in [-0.25, -0.2) is 8.78 Å². The number of nitrogens with zero attached hydrogens (tertiary/aromatic N) is 2. The Kier molecular flexibility index (Phi) is 4.33. The van der Waals surface area contributed by atoms with Crippen molar-refractivity contribution in [1.82, 2.24) is 9.88 Å². The van der Waals surface area contributed by atoms with Crippen LogP contribution in [0.1, 0.15) is 24.7 Å². The van der Waals surface area contributed by atoms with Crippen LogP contribution in [0, 0.1) is 0 Å². The Hall–Kier alpha value is -1.26. The Bertz CT molecular complexity index is 688. The molecule has 3 rings (SSSR count). The fraction of sp³-hybridized carbons (Fsp3) is 0.471. The first kappa shape index (κ1) is 15.6. The van der Waals surface area contributed by atoms with Gasteiger partial charge < -0.3 is 0 Å². The molecule has 0 radical (unpaired) electrons. The second kappa shape index (κ2) is 6.09. The van der Waals surface area contributed by atoms with Gasteiger partial charge in [0.15, 0.2) is 0 Å². The molecule has 1 saturated heterocycles. The van der Waals surface area contributed by atoms with Gasteiger partial charge in [0.1, 0.15) is 0 Å². The highest BCUT2D eigenvalue weighted by atomic mass is 35.5. The number of halogens is 3. The third-order valence-electron chi connectivity index (χ3n) is 4.21. The van der Waals surface area contributed by atoms with E-state index in [4.69, 9.17) is 11.6 Å². The molecule has 0 aliphatic carbocycles. The molecular weight excluding hydrogens is 306 g/mol. The summed E-state index contributed by atoms with van der Waals surface area (Å²) in [5.74, 6) is -2.54. The van der Waals surface area contributed by atoms with Gasteiger partial charge in [0.25, 0.3) is 5.92 Å². The molecule has 118 valence electrons. The molecule has 1 aromatic heterocycles. The summed E-state index contributed by atoms with van der Waals surface area (Å²) in [7, 11) is 0. The van der Waals surface area contributed by atoms with Crippen molar-refractivity contribution in [2.75, 3.05) is 19.6 Å². The molecule has 0 atom stereocenters. The molecule has 1 aromatic carbocycles. The third kappa shape index (κ3) is 3.23. The Balaban J connectivity index is 1.86. The first-order chi connectivity index (χ1) is 10.5. The van der Waals surface area contributed by atoms with E-state index in [9.17, 15) is 8.78 Å². The van der Waals surface area contributed by atoms with Crippen LogP contribution in [0.3, 0.4) is 0 Å². The SMILES string of the molecule is CCc1cc2cccc(Cl)c2c(CCN2CCC(F)(F)C2)n1. The summed E-state index contributed by atoms with van der Waals surface area (Å²) in [4.78, 5) is 6.49. The summed E-state index contributed by atoms with van der Waals surface area (Å²) in [6, 6.07) is 7.85. The van der Waals surface area contributed by atoms with Gasteiger partial charge in [0.2, 0.25) is 0 Å². The number of pyridine rings is 1. The molecule has 0 saturated carbocycles. The number of rotatable bonds is 4. The van der Waals surface area contributed by atoms with Crippen LogP contribution >= 0.6 is 11.6 Å². The molecule has 0 spiro atoms. The van der Waals surface area contributed by atoms with Gasteiger partial charge in [0.05, 0.1) is 17.3 Å². The molecule has 0 unspecified atom stereocenters. The van der Waals surface area contributed by atoms with Crippen LogP contribution in [-0.4, -0.2) is 35.4 Å². The van der Waals surface area contributed by atoms with Gasteiger partial charge in [-0.15, -0.1) is 0 Å². The fourth-order valence-corrected chi connectivity index (χ4v) is 3.32. The van der Waals surface area contributed by atoms with Gasteiger partial charge in [-0.2, -0.15) is 0 Å². The van der Waals surface area contributed by atoms with Gasteiger partial charge in [-0.1, -0.05) is 30.7 Å². The summed E-state index contributed by atoms with van der Waals surface area (Å²) >= 11 is 6.32. The first-order valence-corrected chi connectivity index (χ1v) is 8.03. The average molecular weight is 325 g/mol. The van der Waals surface area contributed by atoms with Crippen LogP contribution in [0.5, 0.6) is 0 Å². The van der Waals surface area contributed by atoms with Crippen LogP contribution < -0.4 is 0 Å². The van der Waals surface area contributed by atoms with Gasteiger partial charge in [-0.05, 0) is 23.9 Å². The highest BCUT2D eigenvalue weighted by molar-refractivity contribution is 6.35. The maximum Gasteiger partial charge on any atom is 0.261 e. The number of hydrogen-bond acceptors (Lipinski definition) is 2. The smallest absolute Gasteiger partial charge is 0.261 e. The second-order valence-corrected chi connectivity index (χ2v) is 6.29. The lowest BCUT2D eigenvalue weighted by Crippen LogP contribution is -2.27. The summed E-state index contributed by atoms with van der Waals surface area (Å²) < 4.78 is 26.6. The van der Waals surface area contributed by atoms with E-state index in [1.807, 2.05) is 23.1 Å². The number of hydrogen-bond donors (Lipinski definition) is 0. The molecule has 2 heterocycles. The normalized spacial score (nSPS) is 18.2. The minimum Gasteiger partial charge on any atom is -0.297 e. The monoisotopic (exact) mass is 324 g/mol. The average Bonchev–Trinajstić information content (AvgIpc) is 2.84. The lowest BCUT2D eigenvalue weighted by atomic mass is 10.1. The van der Waals surface area contributed by atoms with Gasteiger partial charge in [-0.3, -0.25) is 9.88 Å². The zero-order valence-corrected chi connectivity index (χ0v) is 13.3. The quantitative estimate of drug-likeness (QED) is 0.832. The predicted molar refractivity (Wildman–Crippen MR) is 85.8 cm³/mol. The number of aromatic nitrogens is 1. The van der Waals surface area contributed by atoms with Crippen LogP contribution in [0.2, 0.25) is 5.02 Å². The van der Waals surface area contributed by atoms with E-state index in [1.54, 1.807) is 0 Å². The van der Waals surface area contributed by atoms with Crippen LogP contribution in [0.25, 0.3) is 10.8 Å². The Labute approximate surface area is 134 Å². The van der Waals surface area contributed by atoms with Crippen LogP contribution in [-0.2, 0) is 12.8 Å². The molecule has 1 fully saturated rings. The summed E-state index contributed by atoms with van der Waals surface area (Å²) in [6.07, 6.45) is 1.44. The summed E-state index contributed by atoms with van der Waals surface area (Å²) in [6.45, 7) is 2.96. The van der Waals surface area contributed by atoms with Crippen molar-refractivity contribution in [1.29, 1.82) is 0 Å². The highest BCUT2D eigenvalue weighted by Crippen LogP contribution is 2.29. The highest BCUT2D eigenvalue weighted by Gasteiger charge is 2.37. The van der Waals surface area contributed by atoms with E-state index in [-0.39, 0.29) is 13.0 Å². The molecule has 1 aliphatic rings. The van der Waals surface area contributed by atoms with E-state index in [0.29, 0.717) is 24.5 Å². The van der Waals surface area contributed by atoms with E-state index >= 15 is 0 Å². The summed E-state index contributed by atoms with van der Waals surface area (Å²) in [5.41, 5.74) is 1.92. The van der Waals surface area contributed by atoms with E-state index in [2.05, 4.69) is 18.0 Å². The maximum atomic E-state index is 13.3. The predicted octanol–water partition coefficient (Wildman–Crippen LogP) is 4.33. The number of fused-ring (bicyclic) bond motifs is 1. The third-order valence-corrected chi connectivity index (χ3v) is 4.53. The van der Waals surface area contributed by atoms with Crippen LogP contribution in [0.15, 0.2) is 24.3 Å². The van der Waals surface area contributed by atoms with Crippen molar-refractivity contribution in [3.05, 3.63) is 40.7 Å². The maximum absolute atomic E-state index is 13.3. The lowest BCUT2D eigenvalue weighted by Gasteiger charge is -2.16. The number of alkyl halides is 2. The Morgan fingerprint density at radius 3 is 2.86 bits per heavy atom. The molecular formula is C17H19ClF2N2. The zero-order valence-electron chi connectivity index (χ0n) is 12.6. The Morgan fingerprint density at radius 2 is 2.18 bits per heavy atom. The van der Waals surface area contributed by atoms with Crippen molar-refractivity contribution >= 4 is 22.4 Å². The molecule has 0 amide bonds. The fourth-order valence-electron chi connectivity index (χ4n) is 3.03. The molecule has 1 aliphatic heterocycles. The van der Waals surface area contributed by atoms with Crippen molar-refractivity contribution in [3.63, 3.8) is 0 Å². The van der Waals surface area contributed by atoms with Crippen LogP contribution in [0.4, 0.5) is 8.78 Å². The van der Waals surface area contributed by atoms with Crippen molar-refractivity contribution in [2.45, 2.75) is 32.1 Å². The van der Waals surface area contributed by atoms with Gasteiger partial charge in [0, 0.05) is 37.0 Å². The van der Waals surface area contributed by atoms with E-state index in [1.165, 1.54) is 0 Å². The first-order valence-electron chi connectivity index (χ1n) is 7.66. The molecule has 5 heteroatoms. The molecule has 0 N–H and O–H groups in total. The Morgan fingerprint density at radius 1 is 1.36 bits per heavy atom. The number of aryl methyl sites for hydroxylation is 1. The minimum absolute atomic E-state index is 0.0447. The molecule has 22 heavy (non-hydrogen) atoms. The number of benzene rings is 1. The molecule has 2 aromatic rings. The van der Waals surface area contributed by atoms with Gasteiger partial charge >= 0.3 is 0 Å². The second-order valence-electron chi connectivity index (χ2n) is 5.88. The minimum atomic E-state index is -2.54. The summed E-state index contributed by atoms with van der Waals surface area (Å²) in [5, 5.41) is 2.70. The number of likely N-dealkylation sites (tertiary alicyclic amines) is 1. The van der Waals surface area contributed by atoms with E-state index in [0.717, 1.165) is 28.6 Å². The zero-order chi connectivity index (χ0) is 15.7. The topological polar surface area (TPSA) is 16.1 Å². The lowest BCUT2D eigenvalue weighted by molar-refractivity contribution is 0.0123. The van der Waals surface area contributed by atoms with Crippen molar-refractivity contribution in [2.24, 2.45) is 0 Å². The van der Waals surface area contributed by atoms with Crippen molar-refractivity contribution in [3.8, 4) is 0 Å². The van der Waals surface area contributed by atoms with E-state index < -0.39 is 5.92 Å².